The number of nitrogens with one attached hydrogen (secondary N) is 2. The Hall–Kier alpha value is -3.69. The molecule has 0 bridgehead atoms. The number of aliphatic carboxylic acids is 1. The van der Waals surface area contributed by atoms with E-state index in [1.807, 2.05) is 6.92 Å². The van der Waals surface area contributed by atoms with Gasteiger partial charge in [-0.1, -0.05) is 13.3 Å². The van der Waals surface area contributed by atoms with Crippen LogP contribution in [0.25, 0.3) is 0 Å². The Labute approximate surface area is 172 Å². The van der Waals surface area contributed by atoms with Crippen molar-refractivity contribution in [1.82, 2.24) is 5.32 Å². The molecular weight excluding hydrogens is 388 g/mol. The predicted molar refractivity (Wildman–Crippen MR) is 114 cm³/mol. The summed E-state index contributed by atoms with van der Waals surface area (Å²) in [5, 5.41) is 14.8. The zero-order valence-electron chi connectivity index (χ0n) is 16.6. The molecule has 156 valence electrons. The highest BCUT2D eigenvalue weighted by Crippen LogP contribution is 2.13. The number of benzene rings is 1. The zero-order chi connectivity index (χ0) is 21.7. The number of fused-ring (bicyclic) bond motifs is 1. The lowest BCUT2D eigenvalue weighted by molar-refractivity contribution is -0.139. The van der Waals surface area contributed by atoms with Crippen LogP contribution in [0.2, 0.25) is 0 Å². The monoisotopic (exact) mass is 410 g/mol. The average Bonchev–Trinajstić information content (AvgIpc) is 2.72. The molecule has 0 aliphatic carbocycles. The van der Waals surface area contributed by atoms with Crippen LogP contribution >= 0.6 is 0 Å². The summed E-state index contributed by atoms with van der Waals surface area (Å²) in [6.07, 6.45) is 2.57. The first-order chi connectivity index (χ1) is 14.4. The molecule has 1 unspecified atom stereocenters. The molecule has 2 amide bonds. The van der Waals surface area contributed by atoms with Crippen LogP contribution in [0.15, 0.2) is 44.2 Å². The summed E-state index contributed by atoms with van der Waals surface area (Å²) < 4.78 is 0. The molecule has 0 radical (unpaired) electrons. The molecular formula is C20H22N6O4. The van der Waals surface area contributed by atoms with Gasteiger partial charge < -0.3 is 15.7 Å². The van der Waals surface area contributed by atoms with Crippen molar-refractivity contribution in [2.45, 2.75) is 38.8 Å². The maximum Gasteiger partial charge on any atom is 0.326 e. The number of amidine groups is 2. The first-order valence-corrected chi connectivity index (χ1v) is 9.53. The molecule has 1 aromatic carbocycles. The van der Waals surface area contributed by atoms with E-state index in [1.165, 1.54) is 0 Å². The van der Waals surface area contributed by atoms with Gasteiger partial charge in [-0.15, -0.1) is 0 Å². The Morgan fingerprint density at radius 2 is 1.93 bits per heavy atom. The van der Waals surface area contributed by atoms with E-state index in [4.69, 9.17) is 5.11 Å². The third-order valence-electron chi connectivity index (χ3n) is 4.47. The number of carbonyl (C=O) groups excluding carboxylic acids is 2. The summed E-state index contributed by atoms with van der Waals surface area (Å²) in [6, 6.07) is 4.91. The summed E-state index contributed by atoms with van der Waals surface area (Å²) in [4.78, 5) is 51.9. The van der Waals surface area contributed by atoms with Crippen LogP contribution in [0.3, 0.4) is 0 Å². The van der Waals surface area contributed by atoms with E-state index in [1.54, 1.807) is 37.4 Å². The van der Waals surface area contributed by atoms with Crippen molar-refractivity contribution in [2.75, 3.05) is 11.9 Å². The van der Waals surface area contributed by atoms with Gasteiger partial charge in [-0.05, 0) is 37.6 Å². The molecule has 0 saturated heterocycles. The van der Waals surface area contributed by atoms with E-state index in [2.05, 4.69) is 30.6 Å². The molecule has 0 aromatic heterocycles. The Morgan fingerprint density at radius 3 is 2.60 bits per heavy atom. The van der Waals surface area contributed by atoms with Gasteiger partial charge in [0.15, 0.2) is 11.9 Å². The first kappa shape index (κ1) is 21.0. The van der Waals surface area contributed by atoms with Gasteiger partial charge in [-0.3, -0.25) is 14.6 Å². The van der Waals surface area contributed by atoms with Crippen LogP contribution in [0.5, 0.6) is 0 Å². The van der Waals surface area contributed by atoms with Gasteiger partial charge in [0.2, 0.25) is 0 Å². The Balaban J connectivity index is 1.58. The van der Waals surface area contributed by atoms with Crippen molar-refractivity contribution < 1.29 is 19.5 Å². The molecule has 0 spiro atoms. The Bertz CT molecular complexity index is 978. The van der Waals surface area contributed by atoms with E-state index in [0.717, 1.165) is 5.69 Å². The number of nitrogens with zero attached hydrogens (tertiary/aromatic N) is 4. The minimum absolute atomic E-state index is 0.326. The van der Waals surface area contributed by atoms with E-state index in [-0.39, 0.29) is 5.91 Å². The molecule has 3 rings (SSSR count). The van der Waals surface area contributed by atoms with Crippen LogP contribution in [-0.2, 0) is 9.59 Å². The molecule has 2 aliphatic heterocycles. The average molecular weight is 410 g/mol. The Kier molecular flexibility index (Phi) is 6.45. The number of hydrogen-bond donors (Lipinski definition) is 3. The third-order valence-corrected chi connectivity index (χ3v) is 4.47. The molecule has 2 atom stereocenters. The molecule has 0 fully saturated rings. The van der Waals surface area contributed by atoms with Gasteiger partial charge in [0, 0.05) is 11.3 Å². The topological polar surface area (TPSA) is 145 Å². The van der Waals surface area contributed by atoms with Crippen LogP contribution < -0.4 is 10.6 Å². The second kappa shape index (κ2) is 9.21. The fourth-order valence-electron chi connectivity index (χ4n) is 2.95. The summed E-state index contributed by atoms with van der Waals surface area (Å²) in [7, 11) is 0. The number of rotatable bonds is 8. The van der Waals surface area contributed by atoms with Crippen LogP contribution in [0.1, 0.15) is 37.0 Å². The molecule has 10 nitrogen and oxygen atoms in total. The number of aliphatic imine (C=N–C) groups is 4. The Morgan fingerprint density at radius 1 is 1.20 bits per heavy atom. The van der Waals surface area contributed by atoms with E-state index in [0.29, 0.717) is 42.3 Å². The van der Waals surface area contributed by atoms with Gasteiger partial charge in [0.05, 0.1) is 18.5 Å². The molecule has 2 heterocycles. The van der Waals surface area contributed by atoms with Gasteiger partial charge in [0.1, 0.15) is 11.9 Å². The quantitative estimate of drug-likeness (QED) is 0.592. The normalized spacial score (nSPS) is 18.5. The summed E-state index contributed by atoms with van der Waals surface area (Å²) >= 11 is 0. The maximum atomic E-state index is 12.3. The SMILES string of the molecule is CCC[C@H](NC(=O)c1ccc(NCC2=NC3C(=O)N=C(C)N=C3N=C2)cc1)C(=O)O. The van der Waals surface area contributed by atoms with Crippen molar-refractivity contribution >= 4 is 47.1 Å². The van der Waals surface area contributed by atoms with Gasteiger partial charge in [-0.2, -0.15) is 4.99 Å². The fraction of sp³-hybridized carbons (Fsp3) is 0.350. The molecule has 2 aliphatic rings. The van der Waals surface area contributed by atoms with Gasteiger partial charge >= 0.3 is 5.97 Å². The van der Waals surface area contributed by atoms with Crippen molar-refractivity contribution in [3.63, 3.8) is 0 Å². The lowest BCUT2D eigenvalue weighted by Gasteiger charge is -2.18. The number of carbonyl (C=O) groups is 3. The fourth-order valence-corrected chi connectivity index (χ4v) is 2.95. The molecule has 0 saturated carbocycles. The number of carboxylic acids is 1. The second-order valence-electron chi connectivity index (χ2n) is 6.83. The minimum atomic E-state index is -1.05. The molecule has 3 N–H and O–H groups in total. The maximum absolute atomic E-state index is 12.3. The number of hydrogen-bond acceptors (Lipinski definition) is 7. The molecule has 30 heavy (non-hydrogen) atoms. The molecule has 1 aromatic rings. The van der Waals surface area contributed by atoms with Gasteiger partial charge in [-0.25, -0.2) is 14.8 Å². The second-order valence-corrected chi connectivity index (χ2v) is 6.83. The molecule has 10 heteroatoms. The highest BCUT2D eigenvalue weighted by atomic mass is 16.4. The summed E-state index contributed by atoms with van der Waals surface area (Å²) in [5.41, 5.74) is 1.67. The largest absolute Gasteiger partial charge is 0.480 e. The number of amides is 2. The van der Waals surface area contributed by atoms with Crippen LogP contribution in [0.4, 0.5) is 5.69 Å². The van der Waals surface area contributed by atoms with E-state index >= 15 is 0 Å². The zero-order valence-corrected chi connectivity index (χ0v) is 16.6. The standard InChI is InChI=1S/C20H22N6O4/c1-3-4-15(20(29)30)26-18(27)12-5-7-13(8-6-12)21-9-14-10-22-17-16(25-14)19(28)24-11(2)23-17/h5-8,10,15-16,21H,3-4,9H2,1-2H3,(H,26,27)(H,29,30)/t15-,16?/m0/s1. The van der Waals surface area contributed by atoms with Crippen molar-refractivity contribution in [3.05, 3.63) is 29.8 Å². The van der Waals surface area contributed by atoms with Gasteiger partial charge in [0.25, 0.3) is 11.8 Å². The summed E-state index contributed by atoms with van der Waals surface area (Å²) in [5.74, 6) is -1.17. The van der Waals surface area contributed by atoms with Crippen molar-refractivity contribution in [3.8, 4) is 0 Å². The number of anilines is 1. The lowest BCUT2D eigenvalue weighted by Crippen LogP contribution is -2.40. The predicted octanol–water partition coefficient (Wildman–Crippen LogP) is 1.33. The highest BCUT2D eigenvalue weighted by Gasteiger charge is 2.29. The van der Waals surface area contributed by atoms with Crippen molar-refractivity contribution in [2.24, 2.45) is 20.0 Å². The third kappa shape index (κ3) is 5.02. The van der Waals surface area contributed by atoms with Crippen LogP contribution in [-0.4, -0.2) is 65.1 Å². The smallest absolute Gasteiger partial charge is 0.326 e. The number of carboxylic acid groups (broad SMARTS) is 1. The lowest BCUT2D eigenvalue weighted by atomic mass is 10.1. The van der Waals surface area contributed by atoms with Crippen LogP contribution in [0, 0.1) is 0 Å². The van der Waals surface area contributed by atoms with E-state index < -0.39 is 24.0 Å². The highest BCUT2D eigenvalue weighted by molar-refractivity contribution is 6.38. The van der Waals surface area contributed by atoms with Crippen molar-refractivity contribution in [1.29, 1.82) is 0 Å². The van der Waals surface area contributed by atoms with E-state index in [9.17, 15) is 14.4 Å². The summed E-state index contributed by atoms with van der Waals surface area (Å²) in [6.45, 7) is 3.81. The minimum Gasteiger partial charge on any atom is -0.480 e. The first-order valence-electron chi connectivity index (χ1n) is 9.53.